The number of hydrogen-bond acceptors (Lipinski definition) is 2. The summed E-state index contributed by atoms with van der Waals surface area (Å²) in [6, 6.07) is 5.82. The zero-order valence-electron chi connectivity index (χ0n) is 6.55. The van der Waals surface area contributed by atoms with E-state index < -0.39 is 0 Å². The normalized spacial score (nSPS) is 11.0. The fourth-order valence-electron chi connectivity index (χ4n) is 1.28. The molecule has 0 amide bonds. The van der Waals surface area contributed by atoms with Gasteiger partial charge in [-0.1, -0.05) is 23.7 Å². The Bertz CT molecular complexity index is 452. The van der Waals surface area contributed by atoms with Gasteiger partial charge in [0.2, 0.25) is 0 Å². The van der Waals surface area contributed by atoms with Gasteiger partial charge >= 0.3 is 0 Å². The monoisotopic (exact) mass is 276 g/mol. The van der Waals surface area contributed by atoms with Crippen molar-refractivity contribution in [3.05, 3.63) is 32.6 Å². The highest BCUT2D eigenvalue weighted by molar-refractivity contribution is 9.10. The van der Waals surface area contributed by atoms with Crippen LogP contribution in [0.1, 0.15) is 5.56 Å². The highest BCUT2D eigenvalue weighted by Gasteiger charge is 2.10. The number of aliphatic hydroxyl groups excluding tert-OH is 1. The molecule has 13 heavy (non-hydrogen) atoms. The van der Waals surface area contributed by atoms with Gasteiger partial charge in [0.1, 0.15) is 4.34 Å². The summed E-state index contributed by atoms with van der Waals surface area (Å²) < 4.78 is 2.72. The van der Waals surface area contributed by atoms with Gasteiger partial charge in [-0.25, -0.2) is 0 Å². The summed E-state index contributed by atoms with van der Waals surface area (Å²) in [6.45, 7) is 0.0446. The van der Waals surface area contributed by atoms with Gasteiger partial charge in [0.25, 0.3) is 0 Å². The molecule has 0 saturated heterocycles. The molecule has 1 N–H and O–H groups in total. The first-order valence-corrected chi connectivity index (χ1v) is 5.69. The summed E-state index contributed by atoms with van der Waals surface area (Å²) in [5, 5.41) is 10.1. The van der Waals surface area contributed by atoms with Crippen LogP contribution >= 0.6 is 38.9 Å². The van der Waals surface area contributed by atoms with E-state index in [4.69, 9.17) is 16.7 Å². The first-order chi connectivity index (χ1) is 6.24. The van der Waals surface area contributed by atoms with Gasteiger partial charge < -0.3 is 5.11 Å². The van der Waals surface area contributed by atoms with Crippen LogP contribution in [-0.2, 0) is 6.61 Å². The van der Waals surface area contributed by atoms with Gasteiger partial charge in [-0.15, -0.1) is 11.3 Å². The van der Waals surface area contributed by atoms with Crippen molar-refractivity contribution >= 4 is 49.0 Å². The third-order valence-corrected chi connectivity index (χ3v) is 4.52. The second-order valence-corrected chi connectivity index (χ2v) is 5.09. The van der Waals surface area contributed by atoms with Crippen molar-refractivity contribution in [3.63, 3.8) is 0 Å². The minimum Gasteiger partial charge on any atom is -0.392 e. The highest BCUT2D eigenvalue weighted by atomic mass is 79.9. The fraction of sp³-hybridized carbons (Fsp3) is 0.111. The second-order valence-electron chi connectivity index (χ2n) is 2.64. The molecule has 0 aliphatic rings. The molecule has 0 saturated carbocycles. The van der Waals surface area contributed by atoms with Crippen molar-refractivity contribution in [1.82, 2.24) is 0 Å². The fourth-order valence-corrected chi connectivity index (χ4v) is 3.33. The predicted molar refractivity (Wildman–Crippen MR) is 60.5 cm³/mol. The second kappa shape index (κ2) is 3.58. The summed E-state index contributed by atoms with van der Waals surface area (Å²) in [5.74, 6) is 0. The van der Waals surface area contributed by atoms with E-state index in [0.717, 1.165) is 24.5 Å². The van der Waals surface area contributed by atoms with Crippen molar-refractivity contribution < 1.29 is 5.11 Å². The van der Waals surface area contributed by atoms with Crippen molar-refractivity contribution in [3.8, 4) is 0 Å². The number of benzene rings is 1. The van der Waals surface area contributed by atoms with Crippen molar-refractivity contribution in [2.24, 2.45) is 0 Å². The maximum atomic E-state index is 9.11. The maximum absolute atomic E-state index is 9.11. The first kappa shape index (κ1) is 9.46. The van der Waals surface area contributed by atoms with E-state index in [1.54, 1.807) is 0 Å². The molecule has 4 heteroatoms. The first-order valence-electron chi connectivity index (χ1n) is 3.70. The highest BCUT2D eigenvalue weighted by Crippen LogP contribution is 2.40. The van der Waals surface area contributed by atoms with E-state index in [-0.39, 0.29) is 6.61 Å². The number of hydrogen-bond donors (Lipinski definition) is 1. The number of aliphatic hydroxyl groups is 1. The predicted octanol–water partition coefficient (Wildman–Crippen LogP) is 3.81. The molecule has 0 spiro atoms. The van der Waals surface area contributed by atoms with E-state index in [2.05, 4.69) is 15.9 Å². The number of thiophene rings is 1. The van der Waals surface area contributed by atoms with Gasteiger partial charge in [-0.3, -0.25) is 0 Å². The van der Waals surface area contributed by atoms with Gasteiger partial charge in [-0.05, 0) is 27.6 Å². The molecule has 1 aromatic carbocycles. The summed E-state index contributed by atoms with van der Waals surface area (Å²) in [4.78, 5) is 0. The lowest BCUT2D eigenvalue weighted by molar-refractivity contribution is 0.283. The Balaban J connectivity index is 2.87. The smallest absolute Gasteiger partial charge is 0.108 e. The molecule has 1 heterocycles. The number of fused-ring (bicyclic) bond motifs is 1. The quantitative estimate of drug-likeness (QED) is 0.840. The summed E-state index contributed by atoms with van der Waals surface area (Å²) in [5.41, 5.74) is 0.910. The van der Waals surface area contributed by atoms with Gasteiger partial charge in [-0.2, -0.15) is 0 Å². The molecule has 2 rings (SSSR count). The average Bonchev–Trinajstić information content (AvgIpc) is 2.43. The van der Waals surface area contributed by atoms with Gasteiger partial charge in [0.15, 0.2) is 0 Å². The van der Waals surface area contributed by atoms with Crippen molar-refractivity contribution in [1.29, 1.82) is 0 Å². The lowest BCUT2D eigenvalue weighted by atomic mass is 10.1. The molecular weight excluding hydrogens is 272 g/mol. The Morgan fingerprint density at radius 2 is 2.23 bits per heavy atom. The van der Waals surface area contributed by atoms with Crippen LogP contribution in [0.15, 0.2) is 22.7 Å². The molecule has 0 bridgehead atoms. The van der Waals surface area contributed by atoms with E-state index in [9.17, 15) is 0 Å². The minimum atomic E-state index is 0.0446. The van der Waals surface area contributed by atoms with E-state index >= 15 is 0 Å². The van der Waals surface area contributed by atoms with Gasteiger partial charge in [0, 0.05) is 10.1 Å². The van der Waals surface area contributed by atoms with Crippen LogP contribution in [0.3, 0.4) is 0 Å². The van der Waals surface area contributed by atoms with Crippen LogP contribution in [0.5, 0.6) is 0 Å². The molecule has 0 unspecified atom stereocenters. The van der Waals surface area contributed by atoms with Crippen molar-refractivity contribution in [2.45, 2.75) is 6.61 Å². The molecule has 1 aromatic heterocycles. The van der Waals surface area contributed by atoms with Crippen LogP contribution < -0.4 is 0 Å². The molecule has 0 aliphatic heterocycles. The lowest BCUT2D eigenvalue weighted by Gasteiger charge is -1.98. The van der Waals surface area contributed by atoms with E-state index in [0.29, 0.717) is 0 Å². The Hall–Kier alpha value is -0.0900. The molecule has 0 radical (unpaired) electrons. The Morgan fingerprint density at radius 3 is 2.92 bits per heavy atom. The molecule has 68 valence electrons. The van der Waals surface area contributed by atoms with Crippen molar-refractivity contribution in [2.75, 3.05) is 0 Å². The SMILES string of the molecule is OCc1cccc2sc(Cl)c(Br)c12. The van der Waals surface area contributed by atoms with E-state index in [1.165, 1.54) is 11.3 Å². The number of halogens is 2. The number of rotatable bonds is 1. The zero-order valence-corrected chi connectivity index (χ0v) is 9.71. The summed E-state index contributed by atoms with van der Waals surface area (Å²) >= 11 is 10.9. The standard InChI is InChI=1S/C9H6BrClOS/c10-8-7-5(4-12)2-1-3-6(7)13-9(8)11/h1-3,12H,4H2. The topological polar surface area (TPSA) is 20.2 Å². The summed E-state index contributed by atoms with van der Waals surface area (Å²) in [7, 11) is 0. The third kappa shape index (κ3) is 1.50. The van der Waals surface area contributed by atoms with E-state index in [1.807, 2.05) is 18.2 Å². The molecule has 1 nitrogen and oxygen atoms in total. The Morgan fingerprint density at radius 1 is 1.46 bits per heavy atom. The Labute approximate surface area is 93.1 Å². The Kier molecular flexibility index (Phi) is 2.60. The molecule has 0 atom stereocenters. The lowest BCUT2D eigenvalue weighted by Crippen LogP contribution is -1.82. The van der Waals surface area contributed by atoms with Crippen LogP contribution in [0, 0.1) is 0 Å². The largest absolute Gasteiger partial charge is 0.392 e. The average molecular weight is 278 g/mol. The molecule has 0 fully saturated rings. The van der Waals surface area contributed by atoms with Crippen LogP contribution in [0.4, 0.5) is 0 Å². The summed E-state index contributed by atoms with van der Waals surface area (Å²) in [6.07, 6.45) is 0. The molecule has 2 aromatic rings. The minimum absolute atomic E-state index is 0.0446. The molecular formula is C9H6BrClOS. The van der Waals surface area contributed by atoms with Crippen LogP contribution in [0.2, 0.25) is 4.34 Å². The van der Waals surface area contributed by atoms with Crippen LogP contribution in [-0.4, -0.2) is 5.11 Å². The maximum Gasteiger partial charge on any atom is 0.108 e. The molecule has 0 aliphatic carbocycles. The zero-order chi connectivity index (χ0) is 9.42. The van der Waals surface area contributed by atoms with Crippen LogP contribution in [0.25, 0.3) is 10.1 Å². The third-order valence-electron chi connectivity index (χ3n) is 1.87. The van der Waals surface area contributed by atoms with Gasteiger partial charge in [0.05, 0.1) is 11.1 Å².